The van der Waals surface area contributed by atoms with Crippen LogP contribution in [0.25, 0.3) is 11.8 Å². The molecule has 222 valence electrons. The summed E-state index contributed by atoms with van der Waals surface area (Å²) in [6.07, 6.45) is 1.82. The Bertz CT molecular complexity index is 1820. The average molecular weight is 598 g/mol. The van der Waals surface area contributed by atoms with Crippen LogP contribution in [0.1, 0.15) is 43.5 Å². The van der Waals surface area contributed by atoms with Gasteiger partial charge < -0.3 is 19.1 Å². The third-order valence-electron chi connectivity index (χ3n) is 7.07. The minimum absolute atomic E-state index is 0.222. The molecule has 0 saturated heterocycles. The normalized spacial score (nSPS) is 14.6. The third-order valence-corrected chi connectivity index (χ3v) is 8.05. The number of carbonyl (C=O) groups is 1. The first-order valence-electron chi connectivity index (χ1n) is 14.2. The van der Waals surface area contributed by atoms with Crippen LogP contribution in [0.5, 0.6) is 11.5 Å². The second kappa shape index (κ2) is 13.1. The van der Waals surface area contributed by atoms with Crippen molar-refractivity contribution in [3.63, 3.8) is 0 Å². The van der Waals surface area contributed by atoms with E-state index < -0.39 is 12.0 Å². The van der Waals surface area contributed by atoms with Gasteiger partial charge in [-0.05, 0) is 67.8 Å². The second-order valence-electron chi connectivity index (χ2n) is 10.2. The molecule has 0 unspecified atom stereocenters. The number of hydrogen-bond donors (Lipinski definition) is 0. The number of aromatic nitrogens is 1. The number of allylic oxidation sites excluding steroid dienone is 1. The quantitative estimate of drug-likeness (QED) is 0.241. The highest BCUT2D eigenvalue weighted by atomic mass is 32.1. The van der Waals surface area contributed by atoms with E-state index in [1.165, 1.54) is 15.9 Å². The van der Waals surface area contributed by atoms with Crippen molar-refractivity contribution in [2.75, 3.05) is 32.2 Å². The summed E-state index contributed by atoms with van der Waals surface area (Å²) in [5.74, 6) is 0.744. The van der Waals surface area contributed by atoms with Crippen molar-refractivity contribution < 1.29 is 19.0 Å². The van der Waals surface area contributed by atoms with Crippen LogP contribution in [0.3, 0.4) is 0 Å². The van der Waals surface area contributed by atoms with Crippen LogP contribution in [-0.4, -0.2) is 37.8 Å². The van der Waals surface area contributed by atoms with Gasteiger partial charge in [-0.3, -0.25) is 9.36 Å². The number of carbonyl (C=O) groups excluding carboxylic acids is 1. The van der Waals surface area contributed by atoms with Gasteiger partial charge in [-0.2, -0.15) is 0 Å². The molecule has 9 heteroatoms. The minimum Gasteiger partial charge on any atom is -0.490 e. The Kier molecular flexibility index (Phi) is 9.11. The lowest BCUT2D eigenvalue weighted by molar-refractivity contribution is -0.138. The van der Waals surface area contributed by atoms with E-state index in [9.17, 15) is 9.59 Å². The molecule has 43 heavy (non-hydrogen) atoms. The van der Waals surface area contributed by atoms with E-state index in [0.29, 0.717) is 45.3 Å². The van der Waals surface area contributed by atoms with Gasteiger partial charge in [-0.15, -0.1) is 0 Å². The summed E-state index contributed by atoms with van der Waals surface area (Å²) < 4.78 is 19.3. The third kappa shape index (κ3) is 6.41. The number of fused-ring (bicyclic) bond motifs is 1. The molecule has 8 nitrogen and oxygen atoms in total. The molecule has 1 aliphatic heterocycles. The lowest BCUT2D eigenvalue weighted by atomic mass is 9.96. The Hall–Kier alpha value is -4.63. The maximum absolute atomic E-state index is 13.7. The van der Waals surface area contributed by atoms with E-state index in [0.717, 1.165) is 22.4 Å². The number of anilines is 1. The Morgan fingerprint density at radius 3 is 2.40 bits per heavy atom. The molecule has 0 amide bonds. The molecule has 0 fully saturated rings. The van der Waals surface area contributed by atoms with Crippen LogP contribution in [0.2, 0.25) is 0 Å². The molecule has 0 aliphatic carbocycles. The fraction of sp³-hybridized carbons (Fsp3) is 0.265. The number of ether oxygens (including phenoxy) is 3. The zero-order valence-corrected chi connectivity index (χ0v) is 25.8. The van der Waals surface area contributed by atoms with Gasteiger partial charge in [0, 0.05) is 25.5 Å². The zero-order chi connectivity index (χ0) is 30.5. The maximum atomic E-state index is 13.7. The summed E-state index contributed by atoms with van der Waals surface area (Å²) in [6.45, 7) is 6.56. The van der Waals surface area contributed by atoms with Gasteiger partial charge in [0.25, 0.3) is 5.56 Å². The summed E-state index contributed by atoms with van der Waals surface area (Å²) >= 11 is 1.29. The molecular weight excluding hydrogens is 562 g/mol. The van der Waals surface area contributed by atoms with Crippen molar-refractivity contribution in [1.82, 2.24) is 4.57 Å². The van der Waals surface area contributed by atoms with Crippen LogP contribution < -0.4 is 29.3 Å². The molecule has 0 N–H and O–H groups in total. The molecule has 0 saturated carbocycles. The molecule has 4 aromatic rings. The lowest BCUT2D eigenvalue weighted by Gasteiger charge is -2.23. The van der Waals surface area contributed by atoms with Crippen molar-refractivity contribution >= 4 is 34.8 Å². The number of benzene rings is 3. The van der Waals surface area contributed by atoms with Crippen molar-refractivity contribution in [2.45, 2.75) is 33.4 Å². The SMILES string of the molecule is CCOC(=O)C1=C(C)n2c(s/c(=C\c3ccc(OCc4ccccc4)c(OCC)c3)c2=O)=N[C@H]1c1ccc(N(C)C)cc1. The van der Waals surface area contributed by atoms with Gasteiger partial charge in [0.2, 0.25) is 0 Å². The van der Waals surface area contributed by atoms with Gasteiger partial charge in [-0.1, -0.05) is 59.9 Å². The molecule has 0 bridgehead atoms. The van der Waals surface area contributed by atoms with E-state index in [1.807, 2.05) is 105 Å². The molecule has 5 rings (SSSR count). The highest BCUT2D eigenvalue weighted by Gasteiger charge is 2.31. The number of thiazole rings is 1. The average Bonchev–Trinajstić information content (AvgIpc) is 3.32. The Labute approximate surface area is 254 Å². The maximum Gasteiger partial charge on any atom is 0.338 e. The topological polar surface area (TPSA) is 82.4 Å². The van der Waals surface area contributed by atoms with E-state index in [-0.39, 0.29) is 12.2 Å². The molecule has 1 atom stereocenters. The number of rotatable bonds is 10. The van der Waals surface area contributed by atoms with Crippen LogP contribution in [0.4, 0.5) is 5.69 Å². The Morgan fingerprint density at radius 2 is 1.72 bits per heavy atom. The van der Waals surface area contributed by atoms with Crippen molar-refractivity contribution in [3.8, 4) is 11.5 Å². The van der Waals surface area contributed by atoms with Gasteiger partial charge in [-0.25, -0.2) is 9.79 Å². The van der Waals surface area contributed by atoms with Crippen LogP contribution >= 0.6 is 11.3 Å². The van der Waals surface area contributed by atoms with E-state index in [2.05, 4.69) is 0 Å². The van der Waals surface area contributed by atoms with Crippen LogP contribution in [0, 0.1) is 0 Å². The predicted octanol–water partition coefficient (Wildman–Crippen LogP) is 4.95. The first-order valence-corrected chi connectivity index (χ1v) is 15.0. The summed E-state index contributed by atoms with van der Waals surface area (Å²) in [4.78, 5) is 34.3. The number of esters is 1. The van der Waals surface area contributed by atoms with Gasteiger partial charge in [0.1, 0.15) is 12.6 Å². The number of hydrogen-bond acceptors (Lipinski definition) is 8. The molecule has 3 aromatic carbocycles. The van der Waals surface area contributed by atoms with E-state index in [1.54, 1.807) is 13.8 Å². The molecule has 0 radical (unpaired) electrons. The molecular formula is C34H35N3O5S. The van der Waals surface area contributed by atoms with Gasteiger partial charge in [0.05, 0.1) is 23.3 Å². The fourth-order valence-electron chi connectivity index (χ4n) is 4.90. The van der Waals surface area contributed by atoms with Crippen molar-refractivity contribution in [1.29, 1.82) is 0 Å². The molecule has 1 aliphatic rings. The highest BCUT2D eigenvalue weighted by Crippen LogP contribution is 2.33. The molecule has 1 aromatic heterocycles. The summed E-state index contributed by atoms with van der Waals surface area (Å²) in [5.41, 5.74) is 4.35. The Morgan fingerprint density at radius 1 is 0.977 bits per heavy atom. The largest absolute Gasteiger partial charge is 0.490 e. The zero-order valence-electron chi connectivity index (χ0n) is 25.0. The summed E-state index contributed by atoms with van der Waals surface area (Å²) in [5, 5.41) is 0. The van der Waals surface area contributed by atoms with Crippen LogP contribution in [0.15, 0.2) is 88.2 Å². The van der Waals surface area contributed by atoms with Crippen molar-refractivity contribution in [2.24, 2.45) is 4.99 Å². The first kappa shape index (κ1) is 29.8. The highest BCUT2D eigenvalue weighted by molar-refractivity contribution is 7.07. The first-order chi connectivity index (χ1) is 20.8. The summed E-state index contributed by atoms with van der Waals surface area (Å²) in [6, 6.07) is 22.8. The standard InChI is InChI=1S/C34H35N3O5S/c1-6-40-28-19-24(13-18-27(28)42-21-23-11-9-8-10-12-23)20-29-32(38)37-22(3)30(33(39)41-7-2)31(35-34(37)43-29)25-14-16-26(17-15-25)36(4)5/h8-20,31H,6-7,21H2,1-5H3/b29-20-/t31-/m0/s1. The monoisotopic (exact) mass is 597 g/mol. The predicted molar refractivity (Wildman–Crippen MR) is 170 cm³/mol. The smallest absolute Gasteiger partial charge is 0.338 e. The fourth-order valence-corrected chi connectivity index (χ4v) is 5.94. The second-order valence-corrected chi connectivity index (χ2v) is 11.2. The molecule has 0 spiro atoms. The number of nitrogens with zero attached hydrogens (tertiary/aromatic N) is 3. The van der Waals surface area contributed by atoms with Crippen molar-refractivity contribution in [3.05, 3.63) is 115 Å². The van der Waals surface area contributed by atoms with Gasteiger partial charge >= 0.3 is 5.97 Å². The van der Waals surface area contributed by atoms with E-state index >= 15 is 0 Å². The van der Waals surface area contributed by atoms with E-state index in [4.69, 9.17) is 19.2 Å². The summed E-state index contributed by atoms with van der Waals surface area (Å²) in [7, 11) is 3.94. The van der Waals surface area contributed by atoms with Crippen LogP contribution in [-0.2, 0) is 16.1 Å². The minimum atomic E-state index is -0.591. The van der Waals surface area contributed by atoms with Gasteiger partial charge in [0.15, 0.2) is 16.3 Å². The molecule has 2 heterocycles. The Balaban J connectivity index is 1.55. The lowest BCUT2D eigenvalue weighted by Crippen LogP contribution is -2.35.